The number of hydrogen-bond donors (Lipinski definition) is 0. The largest absolute Gasteiger partial charge is 0.264 e. The molecule has 0 amide bonds. The van der Waals surface area contributed by atoms with Crippen molar-refractivity contribution in [3.05, 3.63) is 10.1 Å². The molecule has 0 saturated carbocycles. The minimum atomic E-state index is -0.418. The van der Waals surface area contributed by atoms with E-state index in [1.807, 2.05) is 0 Å². The minimum absolute atomic E-state index is 0.243. The summed E-state index contributed by atoms with van der Waals surface area (Å²) in [6, 6.07) is -0.285. The smallest absolute Gasteiger partial charge is 0.251 e. The molecule has 0 rings (SSSR count). The maximum atomic E-state index is 10.1. The third-order valence-electron chi connectivity index (χ3n) is 1.08. The van der Waals surface area contributed by atoms with Crippen molar-refractivity contribution in [1.82, 2.24) is 0 Å². The fourth-order valence-electron chi connectivity index (χ4n) is 0.522. The second-order valence-electron chi connectivity index (χ2n) is 2.06. The van der Waals surface area contributed by atoms with Gasteiger partial charge in [0.25, 0.3) is 6.54 Å². The average Bonchev–Trinajstić information content (AvgIpc) is 2.02. The lowest BCUT2D eigenvalue weighted by molar-refractivity contribution is -0.462. The standard InChI is InChI=1S/C7H10N2O2S/c1-4-6(2)8-7(12-3)5-9(10)11/h1,6H,5H2,2-3H3. The van der Waals surface area contributed by atoms with Crippen molar-refractivity contribution in [2.45, 2.75) is 13.0 Å². The molecule has 0 spiro atoms. The summed E-state index contributed by atoms with van der Waals surface area (Å²) in [5, 5.41) is 10.6. The predicted molar refractivity (Wildman–Crippen MR) is 51.1 cm³/mol. The maximum absolute atomic E-state index is 10.1. The lowest BCUT2D eigenvalue weighted by Gasteiger charge is -1.99. The Labute approximate surface area is 75.6 Å². The Hall–Kier alpha value is -1.02. The Morgan fingerprint density at radius 3 is 2.83 bits per heavy atom. The van der Waals surface area contributed by atoms with Gasteiger partial charge in [-0.05, 0) is 13.2 Å². The Morgan fingerprint density at radius 1 is 1.92 bits per heavy atom. The second-order valence-corrected chi connectivity index (χ2v) is 2.94. The van der Waals surface area contributed by atoms with Crippen molar-refractivity contribution in [1.29, 1.82) is 0 Å². The van der Waals surface area contributed by atoms with E-state index in [0.29, 0.717) is 5.04 Å². The summed E-state index contributed by atoms with van der Waals surface area (Å²) >= 11 is 1.25. The van der Waals surface area contributed by atoms with Gasteiger partial charge in [0.15, 0.2) is 0 Å². The molecule has 0 heterocycles. The van der Waals surface area contributed by atoms with Gasteiger partial charge in [-0.1, -0.05) is 5.92 Å². The summed E-state index contributed by atoms with van der Waals surface area (Å²) in [6.07, 6.45) is 6.81. The summed E-state index contributed by atoms with van der Waals surface area (Å²) in [5.74, 6) is 2.38. The molecular weight excluding hydrogens is 176 g/mol. The zero-order valence-corrected chi connectivity index (χ0v) is 7.80. The third-order valence-corrected chi connectivity index (χ3v) is 1.78. The second kappa shape index (κ2) is 5.61. The van der Waals surface area contributed by atoms with Gasteiger partial charge in [0.1, 0.15) is 11.1 Å². The number of nitrogens with zero attached hydrogens (tertiary/aromatic N) is 2. The molecule has 0 N–H and O–H groups in total. The highest BCUT2D eigenvalue weighted by Gasteiger charge is 2.06. The van der Waals surface area contributed by atoms with Gasteiger partial charge in [0.05, 0.1) is 0 Å². The van der Waals surface area contributed by atoms with Crippen molar-refractivity contribution < 1.29 is 4.92 Å². The van der Waals surface area contributed by atoms with E-state index < -0.39 is 4.92 Å². The van der Waals surface area contributed by atoms with Crippen molar-refractivity contribution in [2.75, 3.05) is 12.8 Å². The van der Waals surface area contributed by atoms with Crippen LogP contribution in [0.4, 0.5) is 0 Å². The van der Waals surface area contributed by atoms with E-state index in [1.54, 1.807) is 13.2 Å². The van der Waals surface area contributed by atoms with Crippen LogP contribution in [-0.4, -0.2) is 28.8 Å². The molecular formula is C7H10N2O2S. The van der Waals surface area contributed by atoms with E-state index in [2.05, 4.69) is 10.9 Å². The Bertz CT molecular complexity index is 232. The van der Waals surface area contributed by atoms with Crippen LogP contribution in [0, 0.1) is 22.5 Å². The molecule has 0 radical (unpaired) electrons. The summed E-state index contributed by atoms with van der Waals surface area (Å²) in [7, 11) is 0. The van der Waals surface area contributed by atoms with Crippen molar-refractivity contribution >= 4 is 16.8 Å². The van der Waals surface area contributed by atoms with Gasteiger partial charge >= 0.3 is 0 Å². The van der Waals surface area contributed by atoms with Crippen LogP contribution in [0.5, 0.6) is 0 Å². The highest BCUT2D eigenvalue weighted by molar-refractivity contribution is 8.13. The number of hydrogen-bond acceptors (Lipinski definition) is 4. The molecule has 0 fully saturated rings. The quantitative estimate of drug-likeness (QED) is 0.217. The first-order chi connectivity index (χ1) is 5.60. The summed E-state index contributed by atoms with van der Waals surface area (Å²) in [6.45, 7) is 1.48. The van der Waals surface area contributed by atoms with E-state index in [4.69, 9.17) is 6.42 Å². The molecule has 5 heteroatoms. The van der Waals surface area contributed by atoms with Crippen LogP contribution in [0.2, 0.25) is 0 Å². The van der Waals surface area contributed by atoms with Crippen LogP contribution in [0.3, 0.4) is 0 Å². The van der Waals surface area contributed by atoms with E-state index in [9.17, 15) is 10.1 Å². The van der Waals surface area contributed by atoms with E-state index in [-0.39, 0.29) is 12.6 Å². The van der Waals surface area contributed by atoms with Crippen LogP contribution in [0.1, 0.15) is 6.92 Å². The van der Waals surface area contributed by atoms with Gasteiger partial charge in [-0.2, -0.15) is 0 Å². The zero-order valence-electron chi connectivity index (χ0n) is 6.98. The van der Waals surface area contributed by atoms with Crippen molar-refractivity contribution in [3.8, 4) is 12.3 Å². The number of thioether (sulfide) groups is 1. The van der Waals surface area contributed by atoms with Gasteiger partial charge in [-0.25, -0.2) is 0 Å². The van der Waals surface area contributed by atoms with Crippen LogP contribution in [-0.2, 0) is 0 Å². The van der Waals surface area contributed by atoms with Crippen molar-refractivity contribution in [2.24, 2.45) is 4.99 Å². The SMILES string of the molecule is C#CC(C)N=C(C[N+](=O)[O-])SC. The van der Waals surface area contributed by atoms with Gasteiger partial charge in [0.2, 0.25) is 0 Å². The summed E-state index contributed by atoms with van der Waals surface area (Å²) in [4.78, 5) is 13.6. The zero-order chi connectivity index (χ0) is 9.56. The lowest BCUT2D eigenvalue weighted by atomic mass is 10.4. The van der Waals surface area contributed by atoms with Gasteiger partial charge in [-0.3, -0.25) is 15.1 Å². The number of nitro groups is 1. The van der Waals surface area contributed by atoms with Gasteiger partial charge < -0.3 is 0 Å². The first-order valence-electron chi connectivity index (χ1n) is 3.28. The normalized spacial score (nSPS) is 13.6. The van der Waals surface area contributed by atoms with E-state index in [0.717, 1.165) is 0 Å². The van der Waals surface area contributed by atoms with Gasteiger partial charge in [0, 0.05) is 4.92 Å². The molecule has 0 bridgehead atoms. The van der Waals surface area contributed by atoms with Crippen molar-refractivity contribution in [3.63, 3.8) is 0 Å². The summed E-state index contributed by atoms with van der Waals surface area (Å²) < 4.78 is 0. The molecule has 0 aromatic heterocycles. The molecule has 0 aliphatic carbocycles. The molecule has 1 unspecified atom stereocenters. The fourth-order valence-corrected chi connectivity index (χ4v) is 1.02. The molecule has 0 aromatic rings. The average molecular weight is 186 g/mol. The van der Waals surface area contributed by atoms with Crippen LogP contribution < -0.4 is 0 Å². The molecule has 1 atom stereocenters. The molecule has 66 valence electrons. The molecule has 0 saturated heterocycles. The lowest BCUT2D eigenvalue weighted by Crippen LogP contribution is -2.12. The highest BCUT2D eigenvalue weighted by atomic mass is 32.2. The number of terminal acetylenes is 1. The number of aliphatic imine (C=N–C) groups is 1. The molecule has 4 nitrogen and oxygen atoms in total. The minimum Gasteiger partial charge on any atom is -0.264 e. The molecule has 0 aliphatic heterocycles. The molecule has 0 aromatic carbocycles. The Kier molecular flexibility index (Phi) is 5.13. The first kappa shape index (κ1) is 11.0. The van der Waals surface area contributed by atoms with E-state index >= 15 is 0 Å². The Morgan fingerprint density at radius 2 is 2.50 bits per heavy atom. The van der Waals surface area contributed by atoms with Gasteiger partial charge in [-0.15, -0.1) is 18.2 Å². The van der Waals surface area contributed by atoms with Crippen LogP contribution in [0.25, 0.3) is 0 Å². The first-order valence-corrected chi connectivity index (χ1v) is 4.51. The van der Waals surface area contributed by atoms with E-state index in [1.165, 1.54) is 11.8 Å². The molecule has 12 heavy (non-hydrogen) atoms. The number of rotatable bonds is 3. The maximum Gasteiger partial charge on any atom is 0.251 e. The topological polar surface area (TPSA) is 55.5 Å². The Balaban J connectivity index is 4.24. The fraction of sp³-hybridized carbons (Fsp3) is 0.571. The highest BCUT2D eigenvalue weighted by Crippen LogP contribution is 2.01. The monoisotopic (exact) mass is 186 g/mol. The predicted octanol–water partition coefficient (Wildman–Crippen LogP) is 1.05. The van der Waals surface area contributed by atoms with Crippen LogP contribution >= 0.6 is 11.8 Å². The third kappa shape index (κ3) is 4.74. The van der Waals surface area contributed by atoms with Crippen LogP contribution in [0.15, 0.2) is 4.99 Å². The molecule has 0 aliphatic rings. The summed E-state index contributed by atoms with van der Waals surface area (Å²) in [5.41, 5.74) is 0.